The van der Waals surface area contributed by atoms with Crippen LogP contribution in [0, 0.1) is 0 Å². The molecule has 5 nitrogen and oxygen atoms in total. The maximum Gasteiger partial charge on any atom is 0.119 e. The van der Waals surface area contributed by atoms with Gasteiger partial charge in [-0.15, -0.1) is 0 Å². The first-order valence-electron chi connectivity index (χ1n) is 7.54. The highest BCUT2D eigenvalue weighted by Gasteiger charge is 2.23. The molecule has 3 atom stereocenters. The van der Waals surface area contributed by atoms with E-state index in [1.807, 2.05) is 24.3 Å². The van der Waals surface area contributed by atoms with Gasteiger partial charge in [0, 0.05) is 26.2 Å². The Labute approximate surface area is 126 Å². The van der Waals surface area contributed by atoms with E-state index in [9.17, 15) is 5.11 Å². The van der Waals surface area contributed by atoms with E-state index in [0.717, 1.165) is 24.4 Å². The van der Waals surface area contributed by atoms with Crippen molar-refractivity contribution in [2.24, 2.45) is 5.73 Å². The summed E-state index contributed by atoms with van der Waals surface area (Å²) in [6.45, 7) is 7.26. The highest BCUT2D eigenvalue weighted by atomic mass is 16.5. The fourth-order valence-corrected chi connectivity index (χ4v) is 2.70. The number of β-amino-alcohol motifs (C(OH)–C–C–N with tert-alkyl or cyclic N) is 1. The van der Waals surface area contributed by atoms with E-state index >= 15 is 0 Å². The second kappa shape index (κ2) is 7.75. The summed E-state index contributed by atoms with van der Waals surface area (Å²) >= 11 is 0. The Morgan fingerprint density at radius 2 is 1.90 bits per heavy atom. The molecule has 3 unspecified atom stereocenters. The number of morpholine rings is 1. The van der Waals surface area contributed by atoms with E-state index in [-0.39, 0.29) is 12.2 Å². The van der Waals surface area contributed by atoms with Gasteiger partial charge >= 0.3 is 0 Å². The molecule has 1 heterocycles. The monoisotopic (exact) mass is 294 g/mol. The van der Waals surface area contributed by atoms with Crippen LogP contribution in [0.1, 0.15) is 19.4 Å². The van der Waals surface area contributed by atoms with Gasteiger partial charge in [0.15, 0.2) is 0 Å². The van der Waals surface area contributed by atoms with Gasteiger partial charge in [-0.1, -0.05) is 12.1 Å². The summed E-state index contributed by atoms with van der Waals surface area (Å²) in [4.78, 5) is 2.23. The van der Waals surface area contributed by atoms with E-state index in [2.05, 4.69) is 18.7 Å². The Hall–Kier alpha value is -1.14. The van der Waals surface area contributed by atoms with Crippen molar-refractivity contribution in [3.05, 3.63) is 29.8 Å². The number of hydrogen-bond donors (Lipinski definition) is 2. The molecule has 1 aliphatic rings. The molecule has 118 valence electrons. The number of ether oxygens (including phenoxy) is 2. The first-order valence-corrected chi connectivity index (χ1v) is 7.54. The van der Waals surface area contributed by atoms with Crippen molar-refractivity contribution in [3.8, 4) is 5.75 Å². The number of nitrogens with two attached hydrogens (primary N) is 1. The van der Waals surface area contributed by atoms with Crippen LogP contribution in [0.4, 0.5) is 0 Å². The largest absolute Gasteiger partial charge is 0.491 e. The predicted molar refractivity (Wildman–Crippen MR) is 82.3 cm³/mol. The Morgan fingerprint density at radius 3 is 2.48 bits per heavy atom. The van der Waals surface area contributed by atoms with Crippen molar-refractivity contribution in [1.82, 2.24) is 4.90 Å². The molecule has 1 saturated heterocycles. The maximum absolute atomic E-state index is 10.1. The fourth-order valence-electron chi connectivity index (χ4n) is 2.70. The standard InChI is InChI=1S/C16H26N2O3/c1-12-8-18(9-13(2)21-12)10-15(19)11-20-16-5-3-14(7-17)4-6-16/h3-6,12-13,15,19H,7-11,17H2,1-2H3. The molecule has 1 aromatic carbocycles. The van der Waals surface area contributed by atoms with Gasteiger partial charge in [0.05, 0.1) is 12.2 Å². The van der Waals surface area contributed by atoms with Crippen molar-refractivity contribution in [3.63, 3.8) is 0 Å². The molecule has 0 radical (unpaired) electrons. The summed E-state index contributed by atoms with van der Waals surface area (Å²) in [7, 11) is 0. The number of nitrogens with zero attached hydrogens (tertiary/aromatic N) is 1. The minimum absolute atomic E-state index is 0.214. The highest BCUT2D eigenvalue weighted by molar-refractivity contribution is 5.27. The second-order valence-electron chi connectivity index (χ2n) is 5.79. The molecule has 21 heavy (non-hydrogen) atoms. The summed E-state index contributed by atoms with van der Waals surface area (Å²) < 4.78 is 11.3. The molecule has 0 aliphatic carbocycles. The number of hydrogen-bond acceptors (Lipinski definition) is 5. The van der Waals surface area contributed by atoms with E-state index in [1.165, 1.54) is 0 Å². The Kier molecular flexibility index (Phi) is 5.99. The zero-order valence-electron chi connectivity index (χ0n) is 12.9. The molecule has 0 bridgehead atoms. The first kappa shape index (κ1) is 16.2. The van der Waals surface area contributed by atoms with Crippen molar-refractivity contribution in [2.45, 2.75) is 38.7 Å². The summed E-state index contributed by atoms with van der Waals surface area (Å²) in [5, 5.41) is 10.1. The van der Waals surface area contributed by atoms with Gasteiger partial charge in [-0.3, -0.25) is 4.90 Å². The third-order valence-electron chi connectivity index (χ3n) is 3.57. The molecule has 2 rings (SSSR count). The molecule has 1 aliphatic heterocycles. The first-order chi connectivity index (χ1) is 10.1. The topological polar surface area (TPSA) is 68.0 Å². The molecule has 0 saturated carbocycles. The van der Waals surface area contributed by atoms with Crippen LogP contribution in [0.5, 0.6) is 5.75 Å². The van der Waals surface area contributed by atoms with Crippen LogP contribution < -0.4 is 10.5 Å². The normalized spacial score (nSPS) is 24.8. The third kappa shape index (κ3) is 5.28. The second-order valence-corrected chi connectivity index (χ2v) is 5.79. The van der Waals surface area contributed by atoms with E-state index in [4.69, 9.17) is 15.2 Å². The van der Waals surface area contributed by atoms with Gasteiger partial charge in [-0.25, -0.2) is 0 Å². The van der Waals surface area contributed by atoms with Gasteiger partial charge in [0.2, 0.25) is 0 Å². The Balaban J connectivity index is 1.74. The van der Waals surface area contributed by atoms with Crippen LogP contribution in [0.25, 0.3) is 0 Å². The Bertz CT molecular complexity index is 414. The van der Waals surface area contributed by atoms with Crippen LogP contribution in [-0.2, 0) is 11.3 Å². The Morgan fingerprint density at radius 1 is 1.29 bits per heavy atom. The molecular weight excluding hydrogens is 268 g/mol. The lowest BCUT2D eigenvalue weighted by Crippen LogP contribution is -2.48. The van der Waals surface area contributed by atoms with Gasteiger partial charge in [-0.05, 0) is 31.5 Å². The summed E-state index contributed by atoms with van der Waals surface area (Å²) in [6.07, 6.45) is -0.0759. The van der Waals surface area contributed by atoms with E-state index in [1.54, 1.807) is 0 Å². The summed E-state index contributed by atoms with van der Waals surface area (Å²) in [5.74, 6) is 0.759. The van der Waals surface area contributed by atoms with E-state index < -0.39 is 6.10 Å². The third-order valence-corrected chi connectivity index (χ3v) is 3.57. The van der Waals surface area contributed by atoms with Gasteiger partial charge in [0.25, 0.3) is 0 Å². The lowest BCUT2D eigenvalue weighted by atomic mass is 10.2. The molecule has 0 spiro atoms. The molecule has 1 aromatic rings. The van der Waals surface area contributed by atoms with Crippen molar-refractivity contribution in [1.29, 1.82) is 0 Å². The minimum atomic E-state index is -0.503. The average molecular weight is 294 g/mol. The number of rotatable bonds is 6. The molecule has 1 fully saturated rings. The summed E-state index contributed by atoms with van der Waals surface area (Å²) in [6, 6.07) is 7.64. The molecule has 0 aromatic heterocycles. The van der Waals surface area contributed by atoms with Gasteiger partial charge in [0.1, 0.15) is 18.5 Å². The highest BCUT2D eigenvalue weighted by Crippen LogP contribution is 2.13. The van der Waals surface area contributed by atoms with Crippen LogP contribution in [-0.4, -0.2) is 54.6 Å². The fraction of sp³-hybridized carbons (Fsp3) is 0.625. The van der Waals surface area contributed by atoms with Crippen molar-refractivity contribution < 1.29 is 14.6 Å². The van der Waals surface area contributed by atoms with Crippen molar-refractivity contribution >= 4 is 0 Å². The van der Waals surface area contributed by atoms with Crippen LogP contribution in [0.3, 0.4) is 0 Å². The van der Waals surface area contributed by atoms with Crippen LogP contribution in [0.15, 0.2) is 24.3 Å². The quantitative estimate of drug-likeness (QED) is 0.819. The van der Waals surface area contributed by atoms with Crippen LogP contribution in [0.2, 0.25) is 0 Å². The number of aliphatic hydroxyl groups is 1. The average Bonchev–Trinajstić information content (AvgIpc) is 2.44. The van der Waals surface area contributed by atoms with Crippen LogP contribution >= 0.6 is 0 Å². The minimum Gasteiger partial charge on any atom is -0.491 e. The van der Waals surface area contributed by atoms with E-state index in [0.29, 0.717) is 19.7 Å². The lowest BCUT2D eigenvalue weighted by Gasteiger charge is -2.36. The summed E-state index contributed by atoms with van der Waals surface area (Å²) in [5.41, 5.74) is 6.62. The maximum atomic E-state index is 10.1. The lowest BCUT2D eigenvalue weighted by molar-refractivity contribution is -0.0786. The van der Waals surface area contributed by atoms with Gasteiger partial charge in [-0.2, -0.15) is 0 Å². The zero-order valence-corrected chi connectivity index (χ0v) is 12.9. The SMILES string of the molecule is CC1CN(CC(O)COc2ccc(CN)cc2)CC(C)O1. The number of aliphatic hydroxyl groups excluding tert-OH is 1. The van der Waals surface area contributed by atoms with Gasteiger partial charge < -0.3 is 20.3 Å². The molecular formula is C16H26N2O3. The molecule has 3 N–H and O–H groups in total. The molecule has 0 amide bonds. The van der Waals surface area contributed by atoms with Crippen molar-refractivity contribution in [2.75, 3.05) is 26.2 Å². The molecule has 5 heteroatoms. The number of benzene rings is 1. The predicted octanol–water partition coefficient (Wildman–Crippen LogP) is 0.994. The zero-order chi connectivity index (χ0) is 15.2. The smallest absolute Gasteiger partial charge is 0.119 e.